The zero-order valence-electron chi connectivity index (χ0n) is 20.0. The van der Waals surface area contributed by atoms with E-state index in [1.165, 1.54) is 28.0 Å². The lowest BCUT2D eigenvalue weighted by Crippen LogP contribution is -2.52. The van der Waals surface area contributed by atoms with Crippen LogP contribution < -0.4 is 10.2 Å². The lowest BCUT2D eigenvalue weighted by Gasteiger charge is -2.42. The van der Waals surface area contributed by atoms with Crippen molar-refractivity contribution in [1.29, 1.82) is 0 Å². The van der Waals surface area contributed by atoms with E-state index < -0.39 is 34.1 Å². The van der Waals surface area contributed by atoms with E-state index >= 15 is 0 Å². The average Bonchev–Trinajstić information content (AvgIpc) is 2.90. The highest BCUT2D eigenvalue weighted by molar-refractivity contribution is 7.88. The van der Waals surface area contributed by atoms with Gasteiger partial charge in [-0.3, -0.25) is 15.0 Å². The molecule has 0 saturated heterocycles. The Bertz CT molecular complexity index is 1410. The number of nitrogens with one attached hydrogen (secondary N) is 1. The second-order valence-corrected chi connectivity index (χ2v) is 10.4. The maximum absolute atomic E-state index is 13.2. The van der Waals surface area contributed by atoms with Gasteiger partial charge >= 0.3 is 0 Å². The van der Waals surface area contributed by atoms with Gasteiger partial charge in [-0.25, -0.2) is 13.9 Å². The molecule has 1 aromatic heterocycles. The van der Waals surface area contributed by atoms with Crippen molar-refractivity contribution in [1.82, 2.24) is 14.8 Å². The smallest absolute Gasteiger partial charge is 0.267 e. The number of benzene rings is 2. The van der Waals surface area contributed by atoms with Gasteiger partial charge in [-0.2, -0.15) is 4.31 Å². The van der Waals surface area contributed by atoms with Crippen LogP contribution in [0.3, 0.4) is 0 Å². The van der Waals surface area contributed by atoms with Gasteiger partial charge in [-0.15, -0.1) is 0 Å². The summed E-state index contributed by atoms with van der Waals surface area (Å²) >= 11 is 0. The number of para-hydroxylation sites is 1. The number of pyridine rings is 1. The van der Waals surface area contributed by atoms with Crippen molar-refractivity contribution in [2.24, 2.45) is 0 Å². The minimum Gasteiger partial charge on any atom is -0.457 e. The molecular weight excluding hydrogens is 494 g/mol. The van der Waals surface area contributed by atoms with Crippen molar-refractivity contribution in [3.63, 3.8) is 0 Å². The average molecular weight is 522 g/mol. The second-order valence-electron chi connectivity index (χ2n) is 8.54. The molecule has 4 rings (SSSR count). The molecule has 0 saturated carbocycles. The van der Waals surface area contributed by atoms with Gasteiger partial charge in [0.05, 0.1) is 24.4 Å². The number of carbonyl (C=O) groups excluding carboxylic acids is 1. The molecule has 3 atom stereocenters. The summed E-state index contributed by atoms with van der Waals surface area (Å²) in [5.74, 6) is 0.456. The Morgan fingerprint density at radius 2 is 1.89 bits per heavy atom. The van der Waals surface area contributed by atoms with Crippen molar-refractivity contribution >= 4 is 15.9 Å². The zero-order valence-corrected chi connectivity index (χ0v) is 20.8. The Hall–Kier alpha value is -3.83. The number of ether oxygens (including phenoxy) is 1. The molecule has 1 aliphatic rings. The van der Waals surface area contributed by atoms with Crippen molar-refractivity contribution in [3.05, 3.63) is 114 Å². The molecule has 0 spiro atoms. The first-order chi connectivity index (χ1) is 17.8. The fraction of sp³-hybridized carbons (Fsp3) is 0.185. The summed E-state index contributed by atoms with van der Waals surface area (Å²) in [6.45, 7) is 0. The number of aromatic nitrogens is 1. The number of hydroxylamine groups is 1. The summed E-state index contributed by atoms with van der Waals surface area (Å²) in [6.07, 6.45) is 8.70. The summed E-state index contributed by atoms with van der Waals surface area (Å²) in [7, 11) is -3.82. The lowest BCUT2D eigenvalue weighted by atomic mass is 9.86. The molecule has 3 N–H and O–H groups in total. The summed E-state index contributed by atoms with van der Waals surface area (Å²) in [6, 6.07) is 16.7. The number of sulfonamides is 1. The van der Waals surface area contributed by atoms with Crippen LogP contribution in [-0.2, 0) is 21.2 Å². The fourth-order valence-electron chi connectivity index (χ4n) is 4.41. The Morgan fingerprint density at radius 3 is 2.62 bits per heavy atom. The molecule has 2 aromatic carbocycles. The second kappa shape index (κ2) is 11.5. The van der Waals surface area contributed by atoms with Crippen LogP contribution in [0.25, 0.3) is 0 Å². The van der Waals surface area contributed by atoms with Gasteiger partial charge < -0.3 is 9.84 Å². The van der Waals surface area contributed by atoms with Crippen LogP contribution in [0, 0.1) is 0 Å². The van der Waals surface area contributed by atoms with E-state index in [9.17, 15) is 18.3 Å². The van der Waals surface area contributed by atoms with E-state index in [4.69, 9.17) is 9.94 Å². The number of rotatable bonds is 8. The van der Waals surface area contributed by atoms with E-state index in [0.717, 1.165) is 23.5 Å². The molecule has 3 unspecified atom stereocenters. The number of hydrogen-bond donors (Lipinski definition) is 3. The highest BCUT2D eigenvalue weighted by atomic mass is 32.2. The number of allylic oxidation sites excluding steroid dienone is 2. The van der Waals surface area contributed by atoms with E-state index in [-0.39, 0.29) is 6.42 Å². The predicted molar refractivity (Wildman–Crippen MR) is 137 cm³/mol. The third kappa shape index (κ3) is 6.30. The largest absolute Gasteiger partial charge is 0.457 e. The number of carbonyl (C=O) groups is 1. The van der Waals surface area contributed by atoms with Gasteiger partial charge in [-0.1, -0.05) is 48.6 Å². The van der Waals surface area contributed by atoms with Gasteiger partial charge in [0.2, 0.25) is 10.0 Å². The minimum absolute atomic E-state index is 0.258. The van der Waals surface area contributed by atoms with Gasteiger partial charge in [0.25, 0.3) is 5.91 Å². The molecule has 37 heavy (non-hydrogen) atoms. The maximum atomic E-state index is 13.2. The highest BCUT2D eigenvalue weighted by Crippen LogP contribution is 2.41. The van der Waals surface area contributed by atoms with E-state index in [1.807, 2.05) is 42.5 Å². The predicted octanol–water partition coefficient (Wildman–Crippen LogP) is 3.13. The summed E-state index contributed by atoms with van der Waals surface area (Å²) in [4.78, 5) is 15.4. The number of fused-ring (bicyclic) bond motifs is 1. The zero-order chi connectivity index (χ0) is 26.4. The number of nitrogens with zero attached hydrogens (tertiary/aromatic N) is 2. The topological polar surface area (TPSA) is 129 Å². The van der Waals surface area contributed by atoms with Gasteiger partial charge in [0.1, 0.15) is 11.5 Å². The highest BCUT2D eigenvalue weighted by Gasteiger charge is 2.43. The molecule has 1 amide bonds. The summed E-state index contributed by atoms with van der Waals surface area (Å²) in [5.41, 5.74) is 3.72. The molecule has 0 aliphatic carbocycles. The molecule has 10 heteroatoms. The molecular formula is C27H27N3O6S. The maximum Gasteiger partial charge on any atom is 0.267 e. The molecule has 0 radical (unpaired) electrons. The van der Waals surface area contributed by atoms with Gasteiger partial charge in [-0.05, 0) is 53.4 Å². The fourth-order valence-corrected chi connectivity index (χ4v) is 5.72. The minimum atomic E-state index is -3.82. The standard InChI is InChI=1S/C27H27N3O6S/c1-37(34,35)30-24(25(31)12-5-6-13-26(32)29-33)17-19-14-15-28-18-23(19)27(30)20-8-7-11-22(16-20)36-21-9-3-2-4-10-21/h2-16,18,24-25,27,31,33H,17H2,1H3,(H,29,32)/b12-5+,13-6+. The molecule has 2 heterocycles. The normalized spacial score (nSPS) is 19.0. The van der Waals surface area contributed by atoms with E-state index in [2.05, 4.69) is 4.98 Å². The van der Waals surface area contributed by atoms with E-state index in [1.54, 1.807) is 30.6 Å². The van der Waals surface area contributed by atoms with Gasteiger partial charge in [0, 0.05) is 18.5 Å². The van der Waals surface area contributed by atoms with Crippen LogP contribution in [0.5, 0.6) is 11.5 Å². The van der Waals surface area contributed by atoms with Crippen molar-refractivity contribution in [2.75, 3.05) is 6.26 Å². The molecule has 192 valence electrons. The number of aliphatic hydroxyl groups is 1. The third-order valence-electron chi connectivity index (χ3n) is 5.96. The van der Waals surface area contributed by atoms with Crippen LogP contribution in [0.1, 0.15) is 22.7 Å². The van der Waals surface area contributed by atoms with Crippen molar-refractivity contribution < 1.29 is 28.3 Å². The first kappa shape index (κ1) is 26.2. The summed E-state index contributed by atoms with van der Waals surface area (Å²) in [5, 5.41) is 19.6. The number of amides is 1. The Morgan fingerprint density at radius 1 is 1.14 bits per heavy atom. The quantitative estimate of drug-likeness (QED) is 0.180. The monoisotopic (exact) mass is 521 g/mol. The van der Waals surface area contributed by atoms with E-state index in [0.29, 0.717) is 17.1 Å². The van der Waals surface area contributed by atoms with Crippen LogP contribution >= 0.6 is 0 Å². The molecule has 1 aliphatic heterocycles. The van der Waals surface area contributed by atoms with Gasteiger partial charge in [0.15, 0.2) is 0 Å². The van der Waals surface area contributed by atoms with Crippen LogP contribution in [0.4, 0.5) is 0 Å². The first-order valence-corrected chi connectivity index (χ1v) is 13.3. The molecule has 9 nitrogen and oxygen atoms in total. The Kier molecular flexibility index (Phi) is 8.14. The van der Waals surface area contributed by atoms with Crippen LogP contribution in [-0.4, -0.2) is 52.3 Å². The number of hydrogen-bond acceptors (Lipinski definition) is 7. The molecule has 0 fully saturated rings. The third-order valence-corrected chi connectivity index (χ3v) is 7.21. The van der Waals surface area contributed by atoms with Crippen molar-refractivity contribution in [2.45, 2.75) is 24.6 Å². The Labute approximate surface area is 215 Å². The van der Waals surface area contributed by atoms with Crippen LogP contribution in [0.2, 0.25) is 0 Å². The first-order valence-electron chi connectivity index (χ1n) is 11.5. The van der Waals surface area contributed by atoms with Crippen LogP contribution in [0.15, 0.2) is 97.4 Å². The Balaban J connectivity index is 1.75. The molecule has 3 aromatic rings. The number of aliphatic hydroxyl groups excluding tert-OH is 1. The SMILES string of the molecule is CS(=O)(=O)N1C(c2cccc(Oc3ccccc3)c2)c2cnccc2CC1C(O)/C=C/C=C/C(=O)NO. The molecule has 0 bridgehead atoms. The van der Waals surface area contributed by atoms with Crippen molar-refractivity contribution in [3.8, 4) is 11.5 Å². The summed E-state index contributed by atoms with van der Waals surface area (Å²) < 4.78 is 33.6. The lowest BCUT2D eigenvalue weighted by molar-refractivity contribution is -0.124.